The number of aromatic nitrogens is 3. The van der Waals surface area contributed by atoms with Crippen molar-refractivity contribution in [3.63, 3.8) is 0 Å². The summed E-state index contributed by atoms with van der Waals surface area (Å²) >= 11 is 5.86. The lowest BCUT2D eigenvalue weighted by molar-refractivity contribution is 0.111. The lowest BCUT2D eigenvalue weighted by Crippen LogP contribution is -2.00. The first-order valence-electron chi connectivity index (χ1n) is 6.12. The number of aldehydes is 1. The highest BCUT2D eigenvalue weighted by Gasteiger charge is 2.15. The highest BCUT2D eigenvalue weighted by atomic mass is 35.5. The standard InChI is InChI=1S/C15H9ClFN3O/c16-11-3-7-13(8-4-11)20-15(14(9-21)18-19-20)10-1-5-12(17)6-2-10/h1-9H. The van der Waals surface area contributed by atoms with Crippen LogP contribution >= 0.6 is 11.6 Å². The summed E-state index contributed by atoms with van der Waals surface area (Å²) in [4.78, 5) is 11.2. The van der Waals surface area contributed by atoms with Gasteiger partial charge in [-0.1, -0.05) is 16.8 Å². The van der Waals surface area contributed by atoms with Crippen molar-refractivity contribution in [2.45, 2.75) is 0 Å². The SMILES string of the molecule is O=Cc1nnn(-c2ccc(Cl)cc2)c1-c1ccc(F)cc1. The number of carbonyl (C=O) groups is 1. The van der Waals surface area contributed by atoms with Crippen molar-refractivity contribution < 1.29 is 9.18 Å². The molecule has 0 bridgehead atoms. The summed E-state index contributed by atoms with van der Waals surface area (Å²) in [5, 5.41) is 8.43. The molecular weight excluding hydrogens is 293 g/mol. The third kappa shape index (κ3) is 2.55. The van der Waals surface area contributed by atoms with Gasteiger partial charge in [0.15, 0.2) is 12.0 Å². The Labute approximate surface area is 124 Å². The summed E-state index contributed by atoms with van der Waals surface area (Å²) in [6.45, 7) is 0. The maximum atomic E-state index is 13.1. The van der Waals surface area contributed by atoms with Gasteiger partial charge in [-0.25, -0.2) is 9.07 Å². The van der Waals surface area contributed by atoms with E-state index in [1.807, 2.05) is 0 Å². The molecule has 6 heteroatoms. The Balaban J connectivity index is 2.18. The Hall–Kier alpha value is -2.53. The van der Waals surface area contributed by atoms with Crippen molar-refractivity contribution >= 4 is 17.9 Å². The van der Waals surface area contributed by atoms with Crippen LogP contribution in [0.2, 0.25) is 5.02 Å². The minimum absolute atomic E-state index is 0.191. The van der Waals surface area contributed by atoms with Crippen molar-refractivity contribution in [1.29, 1.82) is 0 Å². The van der Waals surface area contributed by atoms with E-state index in [0.717, 1.165) is 0 Å². The average Bonchev–Trinajstić information content (AvgIpc) is 2.93. The molecule has 0 fully saturated rings. The van der Waals surface area contributed by atoms with Crippen LogP contribution in [0.3, 0.4) is 0 Å². The van der Waals surface area contributed by atoms with Crippen molar-refractivity contribution in [2.75, 3.05) is 0 Å². The van der Waals surface area contributed by atoms with Gasteiger partial charge in [-0.2, -0.15) is 0 Å². The van der Waals surface area contributed by atoms with Crippen LogP contribution in [-0.4, -0.2) is 21.3 Å². The molecular formula is C15H9ClFN3O. The van der Waals surface area contributed by atoms with E-state index < -0.39 is 0 Å². The maximum absolute atomic E-state index is 13.1. The second-order valence-electron chi connectivity index (χ2n) is 4.34. The van der Waals surface area contributed by atoms with Gasteiger partial charge in [0.2, 0.25) is 0 Å². The van der Waals surface area contributed by atoms with Crippen LogP contribution < -0.4 is 0 Å². The molecule has 104 valence electrons. The van der Waals surface area contributed by atoms with Crippen LogP contribution in [0, 0.1) is 5.82 Å². The number of nitrogens with zero attached hydrogens (tertiary/aromatic N) is 3. The average molecular weight is 302 g/mol. The van der Waals surface area contributed by atoms with Crippen LogP contribution in [0.5, 0.6) is 0 Å². The fourth-order valence-corrected chi connectivity index (χ4v) is 2.14. The first kappa shape index (κ1) is 13.5. The zero-order chi connectivity index (χ0) is 14.8. The Bertz CT molecular complexity index is 782. The Kier molecular flexibility index (Phi) is 3.50. The molecule has 0 aliphatic carbocycles. The van der Waals surface area contributed by atoms with Gasteiger partial charge in [0.05, 0.1) is 5.69 Å². The van der Waals surface area contributed by atoms with Crippen LogP contribution in [0.1, 0.15) is 10.5 Å². The van der Waals surface area contributed by atoms with Gasteiger partial charge >= 0.3 is 0 Å². The topological polar surface area (TPSA) is 47.8 Å². The molecule has 1 heterocycles. The Morgan fingerprint density at radius 3 is 2.33 bits per heavy atom. The molecule has 1 aromatic heterocycles. The van der Waals surface area contributed by atoms with Gasteiger partial charge in [0, 0.05) is 10.6 Å². The van der Waals surface area contributed by atoms with E-state index in [4.69, 9.17) is 11.6 Å². The van der Waals surface area contributed by atoms with Crippen LogP contribution in [0.15, 0.2) is 48.5 Å². The molecule has 0 N–H and O–H groups in total. The predicted molar refractivity (Wildman–Crippen MR) is 77.2 cm³/mol. The third-order valence-electron chi connectivity index (χ3n) is 3.00. The molecule has 0 aliphatic rings. The van der Waals surface area contributed by atoms with Crippen molar-refractivity contribution in [2.24, 2.45) is 0 Å². The molecule has 4 nitrogen and oxygen atoms in total. The van der Waals surface area contributed by atoms with E-state index in [0.29, 0.717) is 28.3 Å². The van der Waals surface area contributed by atoms with Crippen LogP contribution in [0.25, 0.3) is 16.9 Å². The quantitative estimate of drug-likeness (QED) is 0.695. The summed E-state index contributed by atoms with van der Waals surface area (Å²) in [6, 6.07) is 12.8. The monoisotopic (exact) mass is 301 g/mol. The zero-order valence-corrected chi connectivity index (χ0v) is 11.5. The highest BCUT2D eigenvalue weighted by Crippen LogP contribution is 2.25. The van der Waals surface area contributed by atoms with Gasteiger partial charge in [-0.05, 0) is 48.5 Å². The first-order chi connectivity index (χ1) is 10.2. The molecule has 0 unspecified atom stereocenters. The van der Waals surface area contributed by atoms with Gasteiger partial charge in [-0.15, -0.1) is 5.10 Å². The molecule has 0 amide bonds. The van der Waals surface area contributed by atoms with E-state index in [1.165, 1.54) is 16.8 Å². The summed E-state index contributed by atoms with van der Waals surface area (Å²) in [6.07, 6.45) is 0.623. The van der Waals surface area contributed by atoms with Crippen LogP contribution in [0.4, 0.5) is 4.39 Å². The van der Waals surface area contributed by atoms with E-state index in [9.17, 15) is 9.18 Å². The van der Waals surface area contributed by atoms with Crippen molar-refractivity contribution in [1.82, 2.24) is 15.0 Å². The Morgan fingerprint density at radius 1 is 1.05 bits per heavy atom. The van der Waals surface area contributed by atoms with Crippen molar-refractivity contribution in [3.05, 3.63) is 65.1 Å². The minimum Gasteiger partial charge on any atom is -0.296 e. The minimum atomic E-state index is -0.350. The summed E-state index contributed by atoms with van der Waals surface area (Å²) in [7, 11) is 0. The number of hydrogen-bond acceptors (Lipinski definition) is 3. The second-order valence-corrected chi connectivity index (χ2v) is 4.77. The number of benzene rings is 2. The molecule has 0 saturated carbocycles. The van der Waals surface area contributed by atoms with Crippen LogP contribution in [-0.2, 0) is 0 Å². The largest absolute Gasteiger partial charge is 0.296 e. The van der Waals surface area contributed by atoms with E-state index in [2.05, 4.69) is 10.3 Å². The third-order valence-corrected chi connectivity index (χ3v) is 3.25. The highest BCUT2D eigenvalue weighted by molar-refractivity contribution is 6.30. The normalized spacial score (nSPS) is 10.6. The van der Waals surface area contributed by atoms with Gasteiger partial charge in [0.1, 0.15) is 11.5 Å². The molecule has 21 heavy (non-hydrogen) atoms. The molecule has 0 spiro atoms. The fourth-order valence-electron chi connectivity index (χ4n) is 2.01. The van der Waals surface area contributed by atoms with Crippen molar-refractivity contribution in [3.8, 4) is 16.9 Å². The number of hydrogen-bond donors (Lipinski definition) is 0. The molecule has 0 radical (unpaired) electrons. The zero-order valence-electron chi connectivity index (χ0n) is 10.7. The smallest absolute Gasteiger partial charge is 0.172 e. The van der Waals surface area contributed by atoms with E-state index in [1.54, 1.807) is 36.4 Å². The molecule has 0 saturated heterocycles. The van der Waals surface area contributed by atoms with Gasteiger partial charge < -0.3 is 0 Å². The molecule has 3 rings (SSSR count). The molecule has 3 aromatic rings. The lowest BCUT2D eigenvalue weighted by Gasteiger charge is -2.07. The number of carbonyl (C=O) groups excluding carboxylic acids is 1. The van der Waals surface area contributed by atoms with Gasteiger partial charge in [0.25, 0.3) is 0 Å². The molecule has 0 atom stereocenters. The summed E-state index contributed by atoms with van der Waals surface area (Å²) in [5.41, 5.74) is 2.06. The first-order valence-corrected chi connectivity index (χ1v) is 6.49. The fraction of sp³-hybridized carbons (Fsp3) is 0. The van der Waals surface area contributed by atoms with Gasteiger partial charge in [-0.3, -0.25) is 4.79 Å². The Morgan fingerprint density at radius 2 is 1.71 bits per heavy atom. The second kappa shape index (κ2) is 5.46. The molecule has 0 aliphatic heterocycles. The lowest BCUT2D eigenvalue weighted by atomic mass is 10.1. The maximum Gasteiger partial charge on any atom is 0.172 e. The number of halogens is 2. The molecule has 2 aromatic carbocycles. The summed E-state index contributed by atoms with van der Waals surface area (Å²) < 4.78 is 14.6. The predicted octanol–water partition coefficient (Wildman–Crippen LogP) is 3.54. The summed E-state index contributed by atoms with van der Waals surface area (Å²) in [5.74, 6) is -0.350. The van der Waals surface area contributed by atoms with E-state index in [-0.39, 0.29) is 11.5 Å². The number of rotatable bonds is 3. The van der Waals surface area contributed by atoms with E-state index >= 15 is 0 Å².